The minimum Gasteiger partial charge on any atom is -0.454 e. The van der Waals surface area contributed by atoms with Crippen LogP contribution in [0.15, 0.2) is 36.5 Å². The lowest BCUT2D eigenvalue weighted by atomic mass is 10.1. The lowest BCUT2D eigenvalue weighted by molar-refractivity contribution is -0.128. The average molecular weight is 398 g/mol. The zero-order chi connectivity index (χ0) is 20.4. The van der Waals surface area contributed by atoms with Gasteiger partial charge in [-0.15, -0.1) is 0 Å². The van der Waals surface area contributed by atoms with Crippen LogP contribution in [-0.4, -0.2) is 40.1 Å². The molecular weight excluding hydrogens is 376 g/mol. The first-order valence-electron chi connectivity index (χ1n) is 9.38. The van der Waals surface area contributed by atoms with Gasteiger partial charge in [-0.25, -0.2) is 4.79 Å². The molecule has 2 aliphatic heterocycles. The third-order valence-corrected chi connectivity index (χ3v) is 5.06. The van der Waals surface area contributed by atoms with Gasteiger partial charge in [0.2, 0.25) is 12.7 Å². The number of urea groups is 1. The lowest BCUT2D eigenvalue weighted by Gasteiger charge is -2.13. The Hall–Kier alpha value is -3.49. The van der Waals surface area contributed by atoms with E-state index in [0.717, 1.165) is 16.2 Å². The Balaban J connectivity index is 1.28. The number of fused-ring (bicyclic) bond motifs is 1. The van der Waals surface area contributed by atoms with E-state index in [1.165, 1.54) is 0 Å². The van der Waals surface area contributed by atoms with Crippen molar-refractivity contribution in [2.75, 3.05) is 6.79 Å². The molecule has 1 fully saturated rings. The molecule has 9 nitrogen and oxygen atoms in total. The summed E-state index contributed by atoms with van der Waals surface area (Å²) in [6.45, 7) is 0.719. The van der Waals surface area contributed by atoms with Crippen molar-refractivity contribution in [1.82, 2.24) is 20.1 Å². The lowest BCUT2D eigenvalue weighted by Crippen LogP contribution is -2.32. The van der Waals surface area contributed by atoms with Gasteiger partial charge in [-0.1, -0.05) is 6.07 Å². The Kier molecular flexibility index (Phi) is 5.11. The molecule has 0 unspecified atom stereocenters. The molecule has 2 aliphatic rings. The van der Waals surface area contributed by atoms with Crippen LogP contribution in [0.25, 0.3) is 0 Å². The van der Waals surface area contributed by atoms with E-state index < -0.39 is 12.1 Å². The highest BCUT2D eigenvalue weighted by atomic mass is 16.7. The van der Waals surface area contributed by atoms with Gasteiger partial charge in [0.25, 0.3) is 5.91 Å². The van der Waals surface area contributed by atoms with Crippen LogP contribution in [0.4, 0.5) is 4.79 Å². The normalized spacial score (nSPS) is 17.6. The summed E-state index contributed by atoms with van der Waals surface area (Å²) < 4.78 is 12.5. The van der Waals surface area contributed by atoms with E-state index in [0.29, 0.717) is 18.0 Å². The molecule has 1 saturated heterocycles. The third kappa shape index (κ3) is 4.03. The standard InChI is InChI=1S/C20H22N4O5/c1-23-8-2-3-14(23)10-21-18(25)7-5-15-19(26)24(20(27)22-15)11-13-4-6-16-17(9-13)29-12-28-16/h2-4,6,8-9,15H,5,7,10-12H2,1H3,(H,21,25)(H,22,27)/t15-/m1/s1. The first kappa shape index (κ1) is 18.9. The number of rotatable bonds is 7. The Morgan fingerprint density at radius 3 is 2.86 bits per heavy atom. The predicted octanol–water partition coefficient (Wildman–Crippen LogP) is 1.27. The quantitative estimate of drug-likeness (QED) is 0.684. The topological polar surface area (TPSA) is 102 Å². The van der Waals surface area contributed by atoms with Crippen molar-refractivity contribution < 1.29 is 23.9 Å². The molecule has 152 valence electrons. The number of ether oxygens (including phenoxy) is 2. The summed E-state index contributed by atoms with van der Waals surface area (Å²) in [6, 6.07) is 7.98. The molecule has 9 heteroatoms. The number of benzene rings is 1. The Labute approximate surface area is 167 Å². The van der Waals surface area contributed by atoms with E-state index in [9.17, 15) is 14.4 Å². The molecule has 29 heavy (non-hydrogen) atoms. The zero-order valence-electron chi connectivity index (χ0n) is 16.0. The van der Waals surface area contributed by atoms with E-state index >= 15 is 0 Å². The number of aryl methyl sites for hydroxylation is 1. The maximum absolute atomic E-state index is 12.6. The van der Waals surface area contributed by atoms with Crippen molar-refractivity contribution in [1.29, 1.82) is 0 Å². The van der Waals surface area contributed by atoms with E-state index in [4.69, 9.17) is 9.47 Å². The second-order valence-corrected chi connectivity index (χ2v) is 7.04. The summed E-state index contributed by atoms with van der Waals surface area (Å²) in [6.07, 6.45) is 2.31. The summed E-state index contributed by atoms with van der Waals surface area (Å²) in [5.74, 6) is 0.747. The zero-order valence-corrected chi connectivity index (χ0v) is 16.0. The number of amides is 4. The molecule has 0 saturated carbocycles. The second kappa shape index (κ2) is 7.86. The first-order valence-corrected chi connectivity index (χ1v) is 9.38. The average Bonchev–Trinajstić information content (AvgIpc) is 3.40. The van der Waals surface area contributed by atoms with Gasteiger partial charge in [0.1, 0.15) is 6.04 Å². The fourth-order valence-corrected chi connectivity index (χ4v) is 3.38. The maximum Gasteiger partial charge on any atom is 0.325 e. The summed E-state index contributed by atoms with van der Waals surface area (Å²) in [4.78, 5) is 38.1. The summed E-state index contributed by atoms with van der Waals surface area (Å²) in [5, 5.41) is 5.49. The molecule has 1 atom stereocenters. The SMILES string of the molecule is Cn1cccc1CNC(=O)CC[C@H]1NC(=O)N(Cc2ccc3c(c2)OCO3)C1=O. The Morgan fingerprint density at radius 1 is 1.24 bits per heavy atom. The van der Waals surface area contributed by atoms with Crippen LogP contribution in [0.5, 0.6) is 11.5 Å². The van der Waals surface area contributed by atoms with Crippen LogP contribution >= 0.6 is 0 Å². The second-order valence-electron chi connectivity index (χ2n) is 7.04. The molecule has 0 spiro atoms. The Morgan fingerprint density at radius 2 is 2.07 bits per heavy atom. The molecule has 2 aromatic rings. The molecule has 2 N–H and O–H groups in total. The van der Waals surface area contributed by atoms with Crippen LogP contribution in [-0.2, 0) is 29.7 Å². The van der Waals surface area contributed by atoms with E-state index in [-0.39, 0.29) is 38.0 Å². The van der Waals surface area contributed by atoms with Crippen LogP contribution in [0.2, 0.25) is 0 Å². The summed E-state index contributed by atoms with van der Waals surface area (Å²) >= 11 is 0. The maximum atomic E-state index is 12.6. The third-order valence-electron chi connectivity index (χ3n) is 5.06. The van der Waals surface area contributed by atoms with Crippen molar-refractivity contribution in [3.8, 4) is 11.5 Å². The van der Waals surface area contributed by atoms with Crippen LogP contribution in [0, 0.1) is 0 Å². The van der Waals surface area contributed by atoms with Crippen molar-refractivity contribution in [3.05, 3.63) is 47.8 Å². The van der Waals surface area contributed by atoms with Gasteiger partial charge in [-0.3, -0.25) is 14.5 Å². The number of imide groups is 1. The van der Waals surface area contributed by atoms with Gasteiger partial charge in [-0.2, -0.15) is 0 Å². The van der Waals surface area contributed by atoms with Gasteiger partial charge in [0, 0.05) is 25.4 Å². The fourth-order valence-electron chi connectivity index (χ4n) is 3.38. The summed E-state index contributed by atoms with van der Waals surface area (Å²) in [7, 11) is 1.91. The van der Waals surface area contributed by atoms with Crippen molar-refractivity contribution >= 4 is 17.8 Å². The van der Waals surface area contributed by atoms with Gasteiger partial charge in [0.15, 0.2) is 11.5 Å². The highest BCUT2D eigenvalue weighted by Crippen LogP contribution is 2.33. The number of nitrogens with one attached hydrogen (secondary N) is 2. The fraction of sp³-hybridized carbons (Fsp3) is 0.350. The number of aromatic nitrogens is 1. The minimum absolute atomic E-state index is 0.136. The predicted molar refractivity (Wildman–Crippen MR) is 102 cm³/mol. The number of nitrogens with zero attached hydrogens (tertiary/aromatic N) is 2. The number of carbonyl (C=O) groups excluding carboxylic acids is 3. The molecule has 0 aliphatic carbocycles. The highest BCUT2D eigenvalue weighted by molar-refractivity contribution is 6.04. The largest absolute Gasteiger partial charge is 0.454 e. The van der Waals surface area contributed by atoms with Gasteiger partial charge in [0.05, 0.1) is 13.1 Å². The molecule has 0 bridgehead atoms. The van der Waals surface area contributed by atoms with Gasteiger partial charge < -0.3 is 24.7 Å². The van der Waals surface area contributed by atoms with E-state index in [1.54, 1.807) is 18.2 Å². The number of hydrogen-bond donors (Lipinski definition) is 2. The van der Waals surface area contributed by atoms with Gasteiger partial charge >= 0.3 is 6.03 Å². The molecular formula is C20H22N4O5. The monoisotopic (exact) mass is 398 g/mol. The highest BCUT2D eigenvalue weighted by Gasteiger charge is 2.38. The smallest absolute Gasteiger partial charge is 0.325 e. The van der Waals surface area contributed by atoms with Crippen LogP contribution in [0.3, 0.4) is 0 Å². The van der Waals surface area contributed by atoms with E-state index in [2.05, 4.69) is 10.6 Å². The van der Waals surface area contributed by atoms with Gasteiger partial charge in [-0.05, 0) is 36.2 Å². The molecule has 3 heterocycles. The molecule has 1 aromatic heterocycles. The van der Waals surface area contributed by atoms with Crippen molar-refractivity contribution in [3.63, 3.8) is 0 Å². The van der Waals surface area contributed by atoms with Crippen LogP contribution in [0.1, 0.15) is 24.1 Å². The number of carbonyl (C=O) groups is 3. The Bertz CT molecular complexity index is 954. The van der Waals surface area contributed by atoms with Crippen molar-refractivity contribution in [2.24, 2.45) is 7.05 Å². The number of hydrogen-bond acceptors (Lipinski definition) is 5. The molecule has 0 radical (unpaired) electrons. The molecule has 1 aromatic carbocycles. The van der Waals surface area contributed by atoms with Crippen LogP contribution < -0.4 is 20.1 Å². The van der Waals surface area contributed by atoms with Crippen molar-refractivity contribution in [2.45, 2.75) is 32.0 Å². The van der Waals surface area contributed by atoms with E-state index in [1.807, 2.05) is 29.9 Å². The summed E-state index contributed by atoms with van der Waals surface area (Å²) in [5.41, 5.74) is 1.75. The minimum atomic E-state index is -0.697. The first-order chi connectivity index (χ1) is 14.0. The molecule has 4 amide bonds. The molecule has 4 rings (SSSR count).